The van der Waals surface area contributed by atoms with Crippen molar-refractivity contribution in [2.24, 2.45) is 0 Å². The maximum absolute atomic E-state index is 13.0. The fraction of sp³-hybridized carbons (Fsp3) is 0.381. The van der Waals surface area contributed by atoms with Gasteiger partial charge in [0.25, 0.3) is 5.91 Å². The number of ether oxygens (including phenoxy) is 2. The Morgan fingerprint density at radius 2 is 1.97 bits per heavy atom. The number of fused-ring (bicyclic) bond motifs is 1. The van der Waals surface area contributed by atoms with Gasteiger partial charge in [-0.3, -0.25) is 9.36 Å². The topological polar surface area (TPSA) is 89.4 Å². The lowest BCUT2D eigenvalue weighted by Crippen LogP contribution is -2.40. The van der Waals surface area contributed by atoms with Gasteiger partial charge in [-0.1, -0.05) is 12.1 Å². The van der Waals surface area contributed by atoms with Crippen LogP contribution in [0, 0.1) is 0 Å². The summed E-state index contributed by atoms with van der Waals surface area (Å²) in [6.45, 7) is 1.90. The van der Waals surface area contributed by atoms with Crippen molar-refractivity contribution in [1.82, 2.24) is 19.4 Å². The maximum Gasteiger partial charge on any atom is 0.326 e. The number of amides is 1. The molecule has 1 aromatic carbocycles. The van der Waals surface area contributed by atoms with Gasteiger partial charge >= 0.3 is 5.69 Å². The van der Waals surface area contributed by atoms with Crippen LogP contribution in [0.3, 0.4) is 0 Å². The Labute approximate surface area is 168 Å². The monoisotopic (exact) mass is 396 g/mol. The normalized spacial score (nSPS) is 15.0. The van der Waals surface area contributed by atoms with Crippen molar-refractivity contribution in [2.45, 2.75) is 18.9 Å². The van der Waals surface area contributed by atoms with Crippen LogP contribution in [0.4, 0.5) is 0 Å². The molecule has 1 fully saturated rings. The number of likely N-dealkylation sites (tertiary alicyclic amines) is 1. The predicted molar refractivity (Wildman–Crippen MR) is 108 cm³/mol. The second-order valence-corrected chi connectivity index (χ2v) is 7.04. The number of pyridine rings is 1. The van der Waals surface area contributed by atoms with Gasteiger partial charge in [-0.15, -0.1) is 0 Å². The first kappa shape index (κ1) is 19.2. The van der Waals surface area contributed by atoms with Gasteiger partial charge < -0.3 is 19.4 Å². The lowest BCUT2D eigenvalue weighted by Gasteiger charge is -2.32. The van der Waals surface area contributed by atoms with E-state index in [0.717, 1.165) is 11.0 Å². The minimum atomic E-state index is -0.102. The highest BCUT2D eigenvalue weighted by atomic mass is 16.5. The average molecular weight is 396 g/mol. The third kappa shape index (κ3) is 3.88. The van der Waals surface area contributed by atoms with Crippen LogP contribution in [0.15, 0.2) is 47.4 Å². The third-order valence-electron chi connectivity index (χ3n) is 5.27. The minimum absolute atomic E-state index is 0.0639. The van der Waals surface area contributed by atoms with Crippen LogP contribution in [0.2, 0.25) is 0 Å². The number of nitrogens with one attached hydrogen (secondary N) is 1. The summed E-state index contributed by atoms with van der Waals surface area (Å²) in [5.74, 6) is 0.222. The lowest BCUT2D eigenvalue weighted by molar-refractivity contribution is 0.0687. The minimum Gasteiger partial charge on any atom is -0.475 e. The van der Waals surface area contributed by atoms with Crippen LogP contribution < -0.4 is 10.4 Å². The molecule has 1 N–H and O–H groups in total. The summed E-state index contributed by atoms with van der Waals surface area (Å²) in [5, 5.41) is 0. The van der Waals surface area contributed by atoms with E-state index in [0.29, 0.717) is 50.6 Å². The molecule has 8 nitrogen and oxygen atoms in total. The molecule has 3 heterocycles. The molecule has 1 amide bonds. The van der Waals surface area contributed by atoms with Gasteiger partial charge in [-0.2, -0.15) is 0 Å². The first-order valence-corrected chi connectivity index (χ1v) is 9.74. The van der Waals surface area contributed by atoms with E-state index in [1.807, 2.05) is 28.8 Å². The number of benzene rings is 1. The Bertz CT molecular complexity index is 1050. The van der Waals surface area contributed by atoms with Gasteiger partial charge in [-0.25, -0.2) is 9.78 Å². The molecule has 4 rings (SSSR count). The van der Waals surface area contributed by atoms with Crippen molar-refractivity contribution in [3.05, 3.63) is 58.6 Å². The van der Waals surface area contributed by atoms with E-state index in [1.165, 1.54) is 0 Å². The smallest absolute Gasteiger partial charge is 0.326 e. The Morgan fingerprint density at radius 3 is 2.76 bits per heavy atom. The number of carbonyl (C=O) groups excluding carboxylic acids is 1. The Balaban J connectivity index is 1.47. The molecule has 0 spiro atoms. The first-order valence-electron chi connectivity index (χ1n) is 9.74. The van der Waals surface area contributed by atoms with E-state index < -0.39 is 0 Å². The predicted octanol–water partition coefficient (Wildman–Crippen LogP) is 2.23. The lowest BCUT2D eigenvalue weighted by atomic mass is 10.0. The number of rotatable bonds is 6. The molecular formula is C21H24N4O4. The Hall–Kier alpha value is -3.13. The molecule has 0 bridgehead atoms. The van der Waals surface area contributed by atoms with E-state index in [1.54, 1.807) is 30.3 Å². The van der Waals surface area contributed by atoms with Gasteiger partial charge in [-0.05, 0) is 37.1 Å². The summed E-state index contributed by atoms with van der Waals surface area (Å²) < 4.78 is 12.4. The fourth-order valence-electron chi connectivity index (χ4n) is 3.82. The summed E-state index contributed by atoms with van der Waals surface area (Å²) in [7, 11) is 1.59. The number of methoxy groups -OCH3 is 1. The van der Waals surface area contributed by atoms with E-state index in [9.17, 15) is 9.59 Å². The third-order valence-corrected chi connectivity index (χ3v) is 5.27. The highest BCUT2D eigenvalue weighted by Gasteiger charge is 2.28. The van der Waals surface area contributed by atoms with Crippen molar-refractivity contribution in [2.75, 3.05) is 33.4 Å². The molecule has 1 aliphatic heterocycles. The first-order chi connectivity index (χ1) is 14.2. The molecule has 0 aliphatic carbocycles. The summed E-state index contributed by atoms with van der Waals surface area (Å²) >= 11 is 0. The highest BCUT2D eigenvalue weighted by molar-refractivity contribution is 5.96. The number of aromatic amines is 1. The maximum atomic E-state index is 13.0. The summed E-state index contributed by atoms with van der Waals surface area (Å²) in [5.41, 5.74) is 2.09. The van der Waals surface area contributed by atoms with Gasteiger partial charge in [0.05, 0.1) is 17.6 Å². The number of aromatic nitrogens is 3. The molecule has 0 unspecified atom stereocenters. The average Bonchev–Trinajstić information content (AvgIpc) is 3.09. The van der Waals surface area contributed by atoms with Gasteiger partial charge in [0, 0.05) is 32.4 Å². The number of piperidine rings is 1. The van der Waals surface area contributed by atoms with E-state index in [4.69, 9.17) is 9.47 Å². The number of hydrogen-bond donors (Lipinski definition) is 1. The zero-order valence-corrected chi connectivity index (χ0v) is 16.3. The quantitative estimate of drug-likeness (QED) is 0.646. The molecule has 152 valence electrons. The second-order valence-electron chi connectivity index (χ2n) is 7.04. The number of imidazole rings is 1. The van der Waals surface area contributed by atoms with Crippen LogP contribution in [0.5, 0.6) is 5.88 Å². The largest absolute Gasteiger partial charge is 0.475 e. The van der Waals surface area contributed by atoms with Crippen LogP contribution in [0.1, 0.15) is 29.2 Å². The number of H-pyrrole nitrogens is 1. The standard InChI is InChI=1S/C21H24N4O4/c1-28-13-14-29-19-16(5-4-10-22-19)20(26)24-11-8-15(9-12-24)25-18-7-3-2-6-17(18)23-21(25)27/h2-7,10,15H,8-9,11-14H2,1H3,(H,23,27). The number of hydrogen-bond acceptors (Lipinski definition) is 5. The zero-order valence-electron chi connectivity index (χ0n) is 16.3. The summed E-state index contributed by atoms with van der Waals surface area (Å²) in [4.78, 5) is 34.4. The van der Waals surface area contributed by atoms with E-state index in [-0.39, 0.29) is 17.6 Å². The molecule has 0 atom stereocenters. The molecule has 0 saturated carbocycles. The van der Waals surface area contributed by atoms with Gasteiger partial charge in [0.2, 0.25) is 5.88 Å². The van der Waals surface area contributed by atoms with Crippen molar-refractivity contribution in [3.63, 3.8) is 0 Å². The zero-order chi connectivity index (χ0) is 20.2. The highest BCUT2D eigenvalue weighted by Crippen LogP contribution is 2.27. The summed E-state index contributed by atoms with van der Waals surface area (Å²) in [6.07, 6.45) is 3.04. The van der Waals surface area contributed by atoms with Crippen LogP contribution in [-0.2, 0) is 4.74 Å². The van der Waals surface area contributed by atoms with Crippen LogP contribution in [-0.4, -0.2) is 58.8 Å². The van der Waals surface area contributed by atoms with Crippen molar-refractivity contribution in [1.29, 1.82) is 0 Å². The Morgan fingerprint density at radius 1 is 1.17 bits per heavy atom. The SMILES string of the molecule is COCCOc1ncccc1C(=O)N1CCC(n2c(=O)[nH]c3ccccc32)CC1. The summed E-state index contributed by atoms with van der Waals surface area (Å²) in [6, 6.07) is 11.2. The molecule has 2 aromatic heterocycles. The van der Waals surface area contributed by atoms with E-state index >= 15 is 0 Å². The van der Waals surface area contributed by atoms with Crippen molar-refractivity contribution in [3.8, 4) is 5.88 Å². The van der Waals surface area contributed by atoms with Gasteiger partial charge in [0.1, 0.15) is 12.2 Å². The molecule has 29 heavy (non-hydrogen) atoms. The molecule has 8 heteroatoms. The number of nitrogens with zero attached hydrogens (tertiary/aromatic N) is 3. The fourth-order valence-corrected chi connectivity index (χ4v) is 3.82. The number of para-hydroxylation sites is 2. The molecule has 0 radical (unpaired) electrons. The van der Waals surface area contributed by atoms with Crippen LogP contribution in [0.25, 0.3) is 11.0 Å². The Kier molecular flexibility index (Phi) is 5.62. The molecular weight excluding hydrogens is 372 g/mol. The van der Waals surface area contributed by atoms with Gasteiger partial charge in [0.15, 0.2) is 0 Å². The van der Waals surface area contributed by atoms with Crippen molar-refractivity contribution < 1.29 is 14.3 Å². The van der Waals surface area contributed by atoms with Crippen molar-refractivity contribution >= 4 is 16.9 Å². The molecule has 1 aliphatic rings. The second kappa shape index (κ2) is 8.48. The number of carbonyl (C=O) groups is 1. The molecule has 3 aromatic rings. The van der Waals surface area contributed by atoms with E-state index in [2.05, 4.69) is 9.97 Å². The molecule has 1 saturated heterocycles. The van der Waals surface area contributed by atoms with Crippen LogP contribution >= 0.6 is 0 Å².